The van der Waals surface area contributed by atoms with E-state index in [-0.39, 0.29) is 52.7 Å². The highest BCUT2D eigenvalue weighted by atomic mass is 19.4. The minimum Gasteiger partial charge on any atom is -0.382 e. The van der Waals surface area contributed by atoms with Crippen LogP contribution in [0, 0.1) is 0 Å². The standard InChI is InChI=1S/C20H34F9NO6/c1-31-9-11-35-15-13-33-7-5-30(6-8-34-14-16-36-12-10-32-2)4-3-17(21,22)18(23,24)19(25,26)20(27,28)29/h3-16H2,1-2H3. The van der Waals surface area contributed by atoms with Crippen LogP contribution in [0.1, 0.15) is 6.42 Å². The van der Waals surface area contributed by atoms with E-state index in [9.17, 15) is 39.5 Å². The van der Waals surface area contributed by atoms with Crippen molar-refractivity contribution in [1.29, 1.82) is 0 Å². The normalized spacial score (nSPS) is 13.7. The van der Waals surface area contributed by atoms with Gasteiger partial charge in [0.2, 0.25) is 0 Å². The quantitative estimate of drug-likeness (QED) is 0.141. The Labute approximate surface area is 204 Å². The van der Waals surface area contributed by atoms with Gasteiger partial charge in [0.05, 0.1) is 66.1 Å². The van der Waals surface area contributed by atoms with E-state index in [0.717, 1.165) is 4.90 Å². The van der Waals surface area contributed by atoms with E-state index in [1.54, 1.807) is 0 Å². The lowest BCUT2D eigenvalue weighted by Crippen LogP contribution is -2.61. The molecule has 16 heteroatoms. The smallest absolute Gasteiger partial charge is 0.382 e. The van der Waals surface area contributed by atoms with Gasteiger partial charge in [0.25, 0.3) is 0 Å². The van der Waals surface area contributed by atoms with Crippen LogP contribution in [0.15, 0.2) is 0 Å². The fourth-order valence-electron chi connectivity index (χ4n) is 2.51. The summed E-state index contributed by atoms with van der Waals surface area (Å²) in [7, 11) is 2.96. The third-order valence-corrected chi connectivity index (χ3v) is 4.66. The van der Waals surface area contributed by atoms with Gasteiger partial charge in [-0.1, -0.05) is 0 Å². The number of halogens is 9. The summed E-state index contributed by atoms with van der Waals surface area (Å²) in [6, 6.07) is 0. The van der Waals surface area contributed by atoms with Crippen molar-refractivity contribution < 1.29 is 67.9 Å². The molecule has 0 rings (SSSR count). The largest absolute Gasteiger partial charge is 0.460 e. The summed E-state index contributed by atoms with van der Waals surface area (Å²) in [5, 5.41) is 0. The predicted molar refractivity (Wildman–Crippen MR) is 109 cm³/mol. The highest BCUT2D eigenvalue weighted by molar-refractivity contribution is 5.00. The number of ether oxygens (including phenoxy) is 6. The summed E-state index contributed by atoms with van der Waals surface area (Å²) >= 11 is 0. The van der Waals surface area contributed by atoms with Gasteiger partial charge in [-0.2, -0.15) is 39.5 Å². The maximum atomic E-state index is 13.9. The van der Waals surface area contributed by atoms with E-state index in [1.165, 1.54) is 14.2 Å². The van der Waals surface area contributed by atoms with E-state index in [1.807, 2.05) is 0 Å². The van der Waals surface area contributed by atoms with E-state index >= 15 is 0 Å². The summed E-state index contributed by atoms with van der Waals surface area (Å²) in [6.07, 6.45) is -8.80. The molecule has 0 saturated carbocycles. The molecule has 0 atom stereocenters. The number of hydrogen-bond donors (Lipinski definition) is 0. The molecule has 0 aliphatic carbocycles. The van der Waals surface area contributed by atoms with Gasteiger partial charge in [0, 0.05) is 40.3 Å². The Morgan fingerprint density at radius 2 is 0.833 bits per heavy atom. The van der Waals surface area contributed by atoms with Gasteiger partial charge < -0.3 is 28.4 Å². The van der Waals surface area contributed by atoms with Crippen molar-refractivity contribution >= 4 is 0 Å². The van der Waals surface area contributed by atoms with Crippen LogP contribution >= 0.6 is 0 Å². The highest BCUT2D eigenvalue weighted by Crippen LogP contribution is 2.53. The Balaban J connectivity index is 4.80. The molecule has 0 aliphatic heterocycles. The predicted octanol–water partition coefficient (Wildman–Crippen LogP) is 3.51. The molecule has 0 saturated heterocycles. The van der Waals surface area contributed by atoms with Crippen LogP contribution in [-0.4, -0.2) is 129 Å². The van der Waals surface area contributed by atoms with Gasteiger partial charge in [0.15, 0.2) is 0 Å². The fourth-order valence-corrected chi connectivity index (χ4v) is 2.51. The van der Waals surface area contributed by atoms with E-state index in [4.69, 9.17) is 28.4 Å². The molecule has 0 N–H and O–H groups in total. The number of alkyl halides is 9. The summed E-state index contributed by atoms with van der Waals surface area (Å²) < 4.78 is 148. The van der Waals surface area contributed by atoms with Crippen LogP contribution in [0.5, 0.6) is 0 Å². The molecular formula is C20H34F9NO6. The van der Waals surface area contributed by atoms with Gasteiger partial charge in [-0.15, -0.1) is 0 Å². The fraction of sp³-hybridized carbons (Fsp3) is 1.00. The Kier molecular flexibility index (Phi) is 17.1. The maximum absolute atomic E-state index is 13.9. The lowest BCUT2D eigenvalue weighted by molar-refractivity contribution is -0.396. The average Bonchev–Trinajstić information content (AvgIpc) is 2.79. The van der Waals surface area contributed by atoms with E-state index in [0.29, 0.717) is 26.4 Å². The first kappa shape index (κ1) is 35.1. The Hall–Kier alpha value is -0.910. The summed E-state index contributed by atoms with van der Waals surface area (Å²) in [4.78, 5) is 1.13. The molecule has 0 amide bonds. The second kappa shape index (κ2) is 17.6. The molecule has 0 fully saturated rings. The van der Waals surface area contributed by atoms with E-state index < -0.39 is 36.9 Å². The Morgan fingerprint density at radius 3 is 1.19 bits per heavy atom. The molecule has 0 aromatic carbocycles. The Bertz CT molecular complexity index is 536. The number of methoxy groups -OCH3 is 2. The minimum absolute atomic E-state index is 0.0750. The molecule has 0 spiro atoms. The van der Waals surface area contributed by atoms with Crippen LogP contribution in [0.25, 0.3) is 0 Å². The average molecular weight is 555 g/mol. The molecule has 36 heavy (non-hydrogen) atoms. The zero-order chi connectivity index (χ0) is 27.7. The van der Waals surface area contributed by atoms with Crippen molar-refractivity contribution in [3.8, 4) is 0 Å². The van der Waals surface area contributed by atoms with E-state index in [2.05, 4.69) is 0 Å². The summed E-state index contributed by atoms with van der Waals surface area (Å²) in [5.41, 5.74) is 0. The molecule has 0 heterocycles. The van der Waals surface area contributed by atoms with Gasteiger partial charge in [-0.25, -0.2) is 0 Å². The molecule has 0 radical (unpaired) electrons. The van der Waals surface area contributed by atoms with Crippen LogP contribution in [0.3, 0.4) is 0 Å². The third kappa shape index (κ3) is 12.6. The van der Waals surface area contributed by atoms with Crippen molar-refractivity contribution in [2.75, 3.05) is 99.9 Å². The SMILES string of the molecule is COCCOCCOCCN(CCOCCOCCOC)CCC(F)(F)C(F)(F)C(F)(F)C(F)(F)F. The molecule has 218 valence electrons. The van der Waals surface area contributed by atoms with Crippen molar-refractivity contribution in [3.63, 3.8) is 0 Å². The molecule has 0 aromatic heterocycles. The zero-order valence-electron chi connectivity index (χ0n) is 20.2. The van der Waals surface area contributed by atoms with Crippen molar-refractivity contribution in [2.45, 2.75) is 30.4 Å². The lowest BCUT2D eigenvalue weighted by Gasteiger charge is -2.34. The monoisotopic (exact) mass is 555 g/mol. The second-order valence-corrected chi connectivity index (χ2v) is 7.38. The first-order valence-corrected chi connectivity index (χ1v) is 11.0. The molecule has 0 bridgehead atoms. The van der Waals surface area contributed by atoms with Crippen LogP contribution < -0.4 is 0 Å². The Morgan fingerprint density at radius 1 is 0.472 bits per heavy atom. The van der Waals surface area contributed by atoms with Gasteiger partial charge in [-0.3, -0.25) is 4.90 Å². The number of nitrogens with zero attached hydrogens (tertiary/aromatic N) is 1. The van der Waals surface area contributed by atoms with Gasteiger partial charge in [-0.05, 0) is 0 Å². The molecule has 0 unspecified atom stereocenters. The molecule has 0 aliphatic rings. The van der Waals surface area contributed by atoms with Crippen molar-refractivity contribution in [1.82, 2.24) is 4.90 Å². The highest BCUT2D eigenvalue weighted by Gasteiger charge is 2.81. The number of rotatable bonds is 23. The second-order valence-electron chi connectivity index (χ2n) is 7.38. The van der Waals surface area contributed by atoms with Crippen molar-refractivity contribution in [2.24, 2.45) is 0 Å². The first-order chi connectivity index (χ1) is 16.7. The summed E-state index contributed by atoms with van der Waals surface area (Å²) in [6.45, 7) is 0.646. The van der Waals surface area contributed by atoms with Crippen LogP contribution in [0.4, 0.5) is 39.5 Å². The van der Waals surface area contributed by atoms with Crippen LogP contribution in [0.2, 0.25) is 0 Å². The molecular weight excluding hydrogens is 521 g/mol. The zero-order valence-corrected chi connectivity index (χ0v) is 20.2. The maximum Gasteiger partial charge on any atom is 0.460 e. The molecule has 7 nitrogen and oxygen atoms in total. The van der Waals surface area contributed by atoms with Gasteiger partial charge in [0.1, 0.15) is 0 Å². The first-order valence-electron chi connectivity index (χ1n) is 11.0. The van der Waals surface area contributed by atoms with Crippen LogP contribution in [-0.2, 0) is 28.4 Å². The van der Waals surface area contributed by atoms with Crippen molar-refractivity contribution in [3.05, 3.63) is 0 Å². The summed E-state index contributed by atoms with van der Waals surface area (Å²) in [5.74, 6) is -19.2. The third-order valence-electron chi connectivity index (χ3n) is 4.66. The van der Waals surface area contributed by atoms with Gasteiger partial charge >= 0.3 is 23.9 Å². The lowest BCUT2D eigenvalue weighted by atomic mass is 10.0. The molecule has 0 aromatic rings. The minimum atomic E-state index is -6.91. The number of hydrogen-bond acceptors (Lipinski definition) is 7. The topological polar surface area (TPSA) is 58.6 Å².